The number of rotatable bonds is 7. The first-order valence-electron chi connectivity index (χ1n) is 8.32. The van der Waals surface area contributed by atoms with Crippen molar-refractivity contribution in [1.82, 2.24) is 19.7 Å². The molecule has 0 unspecified atom stereocenters. The highest BCUT2D eigenvalue weighted by atomic mass is 35.5. The molecule has 3 aromatic rings. The quantitative estimate of drug-likeness (QED) is 0.592. The van der Waals surface area contributed by atoms with Crippen molar-refractivity contribution in [2.75, 3.05) is 21.3 Å². The Bertz CT molecular complexity index is 969. The Morgan fingerprint density at radius 2 is 1.89 bits per heavy atom. The van der Waals surface area contributed by atoms with Gasteiger partial charge in [-0.3, -0.25) is 10.00 Å². The number of benzene rings is 2. The van der Waals surface area contributed by atoms with Crippen LogP contribution in [0.2, 0.25) is 5.02 Å². The van der Waals surface area contributed by atoms with Gasteiger partial charge in [-0.25, -0.2) is 4.68 Å². The second kappa shape index (κ2) is 8.56. The van der Waals surface area contributed by atoms with E-state index in [1.54, 1.807) is 26.4 Å². The minimum absolute atomic E-state index is 0.466. The number of nitrogens with one attached hydrogen (secondary N) is 1. The van der Waals surface area contributed by atoms with Gasteiger partial charge in [0.15, 0.2) is 5.82 Å². The van der Waals surface area contributed by atoms with Crippen LogP contribution < -0.4 is 9.47 Å². The van der Waals surface area contributed by atoms with Crippen molar-refractivity contribution in [3.05, 3.63) is 57.8 Å². The van der Waals surface area contributed by atoms with Crippen molar-refractivity contribution in [2.24, 2.45) is 0 Å². The fraction of sp³-hybridized carbons (Fsp3) is 0.263. The van der Waals surface area contributed by atoms with Crippen molar-refractivity contribution in [2.45, 2.75) is 13.2 Å². The van der Waals surface area contributed by atoms with Crippen LogP contribution in [0.4, 0.5) is 0 Å². The van der Waals surface area contributed by atoms with Crippen LogP contribution in [-0.4, -0.2) is 40.9 Å². The van der Waals surface area contributed by atoms with E-state index in [0.29, 0.717) is 28.0 Å². The predicted octanol–water partition coefficient (Wildman–Crippen LogP) is 4.37. The number of halogens is 1. The Hall–Kier alpha value is -2.35. The van der Waals surface area contributed by atoms with Gasteiger partial charge in [0, 0.05) is 11.6 Å². The van der Waals surface area contributed by atoms with Crippen molar-refractivity contribution in [3.63, 3.8) is 0 Å². The molecule has 0 saturated heterocycles. The van der Waals surface area contributed by atoms with E-state index in [1.165, 1.54) is 5.56 Å². The van der Waals surface area contributed by atoms with E-state index in [2.05, 4.69) is 15.0 Å². The average Bonchev–Trinajstić information content (AvgIpc) is 3.02. The minimum atomic E-state index is 0.466. The molecule has 1 aromatic heterocycles. The van der Waals surface area contributed by atoms with Gasteiger partial charge in [0.1, 0.15) is 11.5 Å². The molecule has 0 bridgehead atoms. The van der Waals surface area contributed by atoms with Gasteiger partial charge in [-0.05, 0) is 55.2 Å². The number of aromatic nitrogens is 3. The third-order valence-electron chi connectivity index (χ3n) is 4.09. The normalized spacial score (nSPS) is 11.0. The van der Waals surface area contributed by atoms with Crippen molar-refractivity contribution in [1.29, 1.82) is 0 Å². The van der Waals surface area contributed by atoms with Gasteiger partial charge in [-0.1, -0.05) is 23.7 Å². The summed E-state index contributed by atoms with van der Waals surface area (Å²) in [5.74, 6) is 2.15. The average molecular weight is 405 g/mol. The summed E-state index contributed by atoms with van der Waals surface area (Å²) in [6.07, 6.45) is 0. The second-order valence-electron chi connectivity index (χ2n) is 6.13. The van der Waals surface area contributed by atoms with Crippen LogP contribution in [-0.2, 0) is 13.2 Å². The molecule has 0 fully saturated rings. The molecule has 2 aromatic carbocycles. The maximum atomic E-state index is 6.12. The van der Waals surface area contributed by atoms with Gasteiger partial charge in [-0.15, -0.1) is 0 Å². The summed E-state index contributed by atoms with van der Waals surface area (Å²) in [7, 11) is 5.29. The minimum Gasteiger partial charge on any atom is -0.497 e. The molecule has 0 amide bonds. The molecule has 0 aliphatic carbocycles. The van der Waals surface area contributed by atoms with Crippen molar-refractivity contribution in [3.8, 4) is 22.9 Å². The molecule has 0 aliphatic heterocycles. The Morgan fingerprint density at radius 1 is 1.15 bits per heavy atom. The highest BCUT2D eigenvalue weighted by molar-refractivity contribution is 7.71. The Balaban J connectivity index is 1.76. The van der Waals surface area contributed by atoms with Crippen LogP contribution in [0, 0.1) is 4.77 Å². The fourth-order valence-corrected chi connectivity index (χ4v) is 3.14. The standard InChI is InChI=1S/C19H21ClN4O2S/c1-23(11-13-4-7-15(25-2)8-5-13)12-24-19(27)21-18(22-24)16-10-14(20)6-9-17(16)26-3/h4-10H,11-12H2,1-3H3,(H,21,22,27). The van der Waals surface area contributed by atoms with Gasteiger partial charge >= 0.3 is 0 Å². The Labute approximate surface area is 168 Å². The highest BCUT2D eigenvalue weighted by Gasteiger charge is 2.12. The molecule has 0 radical (unpaired) electrons. The molecular formula is C19H21ClN4O2S. The number of hydrogen-bond acceptors (Lipinski definition) is 5. The van der Waals surface area contributed by atoms with E-state index in [0.717, 1.165) is 17.9 Å². The lowest BCUT2D eigenvalue weighted by Gasteiger charge is -2.17. The van der Waals surface area contributed by atoms with Gasteiger partial charge in [0.05, 0.1) is 26.5 Å². The second-order valence-corrected chi connectivity index (χ2v) is 6.93. The molecule has 3 rings (SSSR count). The molecule has 142 valence electrons. The van der Waals surface area contributed by atoms with Gasteiger partial charge in [0.2, 0.25) is 4.77 Å². The molecule has 27 heavy (non-hydrogen) atoms. The summed E-state index contributed by atoms with van der Waals surface area (Å²) < 4.78 is 12.9. The van der Waals surface area contributed by atoms with E-state index < -0.39 is 0 Å². The first-order valence-corrected chi connectivity index (χ1v) is 9.11. The molecule has 0 aliphatic rings. The van der Waals surface area contributed by atoms with Crippen LogP contribution in [0.1, 0.15) is 5.56 Å². The lowest BCUT2D eigenvalue weighted by Crippen LogP contribution is -2.22. The van der Waals surface area contributed by atoms with E-state index >= 15 is 0 Å². The van der Waals surface area contributed by atoms with E-state index in [-0.39, 0.29) is 0 Å². The number of hydrogen-bond donors (Lipinski definition) is 1. The number of methoxy groups -OCH3 is 2. The molecule has 0 spiro atoms. The Kier molecular flexibility index (Phi) is 6.15. The zero-order chi connectivity index (χ0) is 19.4. The molecule has 1 heterocycles. The summed E-state index contributed by atoms with van der Waals surface area (Å²) in [6, 6.07) is 13.4. The number of H-pyrrole nitrogens is 1. The van der Waals surface area contributed by atoms with E-state index in [4.69, 9.17) is 33.3 Å². The summed E-state index contributed by atoms with van der Waals surface area (Å²) in [5.41, 5.74) is 1.95. The lowest BCUT2D eigenvalue weighted by molar-refractivity contribution is 0.244. The largest absolute Gasteiger partial charge is 0.497 e. The summed E-state index contributed by atoms with van der Waals surface area (Å²) >= 11 is 11.5. The smallest absolute Gasteiger partial charge is 0.217 e. The topological polar surface area (TPSA) is 55.3 Å². The highest BCUT2D eigenvalue weighted by Crippen LogP contribution is 2.30. The molecule has 6 nitrogen and oxygen atoms in total. The van der Waals surface area contributed by atoms with Crippen molar-refractivity contribution < 1.29 is 9.47 Å². The third-order valence-corrected chi connectivity index (χ3v) is 4.64. The summed E-state index contributed by atoms with van der Waals surface area (Å²) in [4.78, 5) is 6.59. The Morgan fingerprint density at radius 3 is 2.56 bits per heavy atom. The predicted molar refractivity (Wildman–Crippen MR) is 109 cm³/mol. The number of aromatic amines is 1. The molecular weight excluding hydrogens is 384 g/mol. The van der Waals surface area contributed by atoms with Crippen LogP contribution in [0.3, 0.4) is 0 Å². The summed E-state index contributed by atoms with van der Waals surface area (Å²) in [5, 5.41) is 3.84. The van der Waals surface area contributed by atoms with Crippen LogP contribution in [0.15, 0.2) is 42.5 Å². The van der Waals surface area contributed by atoms with E-state index in [9.17, 15) is 0 Å². The summed E-state index contributed by atoms with van der Waals surface area (Å²) in [6.45, 7) is 1.33. The van der Waals surface area contributed by atoms with E-state index in [1.807, 2.05) is 42.1 Å². The lowest BCUT2D eigenvalue weighted by atomic mass is 10.2. The zero-order valence-corrected chi connectivity index (χ0v) is 17.0. The SMILES string of the molecule is COc1ccc(CN(C)Cn2[nH]c(-c3cc(Cl)ccc3OC)nc2=S)cc1. The van der Waals surface area contributed by atoms with Gasteiger partial charge in [-0.2, -0.15) is 4.98 Å². The molecule has 0 atom stereocenters. The first kappa shape index (κ1) is 19.4. The van der Waals surface area contributed by atoms with Crippen LogP contribution in [0.5, 0.6) is 11.5 Å². The molecule has 1 N–H and O–H groups in total. The van der Waals surface area contributed by atoms with Gasteiger partial charge in [0.25, 0.3) is 0 Å². The third kappa shape index (κ3) is 4.68. The molecule has 0 saturated carbocycles. The maximum absolute atomic E-state index is 6.12. The number of nitrogens with zero attached hydrogens (tertiary/aromatic N) is 3. The first-order chi connectivity index (χ1) is 13.0. The number of ether oxygens (including phenoxy) is 2. The zero-order valence-electron chi connectivity index (χ0n) is 15.4. The maximum Gasteiger partial charge on any atom is 0.217 e. The molecule has 8 heteroatoms. The van der Waals surface area contributed by atoms with Crippen LogP contribution >= 0.6 is 23.8 Å². The fourth-order valence-electron chi connectivity index (χ4n) is 2.77. The van der Waals surface area contributed by atoms with Gasteiger partial charge < -0.3 is 9.47 Å². The van der Waals surface area contributed by atoms with Crippen molar-refractivity contribution >= 4 is 23.8 Å². The monoisotopic (exact) mass is 404 g/mol. The van der Waals surface area contributed by atoms with Crippen LogP contribution in [0.25, 0.3) is 11.4 Å².